The Morgan fingerprint density at radius 3 is 2.36 bits per heavy atom. The highest BCUT2D eigenvalue weighted by Crippen LogP contribution is 2.36. The van der Waals surface area contributed by atoms with Crippen LogP contribution in [0, 0.1) is 5.82 Å². The third-order valence-electron chi connectivity index (χ3n) is 3.11. The molecule has 0 aromatic heterocycles. The van der Waals surface area contributed by atoms with E-state index < -0.39 is 0 Å². The van der Waals surface area contributed by atoms with Crippen LogP contribution in [-0.2, 0) is 4.79 Å². The highest BCUT2D eigenvalue weighted by atomic mass is 32.2. The Labute approximate surface area is 136 Å². The number of carbonyl (C=O) groups is 1. The van der Waals surface area contributed by atoms with E-state index in [9.17, 15) is 9.18 Å². The molecule has 1 aliphatic heterocycles. The molecular weight excluding hydrogens is 319 g/mol. The molecule has 3 rings (SSSR count). The first-order chi connectivity index (χ1) is 10.5. The van der Waals surface area contributed by atoms with Gasteiger partial charge in [-0.25, -0.2) is 4.39 Å². The molecule has 0 bridgehead atoms. The number of hydrogen-bond acceptors (Lipinski definition) is 4. The van der Waals surface area contributed by atoms with Crippen molar-refractivity contribution in [2.75, 3.05) is 10.6 Å². The highest BCUT2D eigenvalue weighted by molar-refractivity contribution is 8.27. The third-order valence-corrected chi connectivity index (χ3v) is 4.41. The predicted molar refractivity (Wildman–Crippen MR) is 92.9 cm³/mol. The van der Waals surface area contributed by atoms with Crippen LogP contribution in [0.2, 0.25) is 0 Å². The molecule has 2 aromatic carbocycles. The highest BCUT2D eigenvalue weighted by Gasteiger charge is 2.33. The van der Waals surface area contributed by atoms with Gasteiger partial charge in [0.05, 0.1) is 10.6 Å². The second kappa shape index (κ2) is 5.90. The maximum absolute atomic E-state index is 12.9. The number of thioether (sulfide) groups is 1. The summed E-state index contributed by atoms with van der Waals surface area (Å²) in [5, 5.41) is 0. The van der Waals surface area contributed by atoms with E-state index in [2.05, 4.69) is 0 Å². The maximum Gasteiger partial charge on any atom is 0.270 e. The lowest BCUT2D eigenvalue weighted by atomic mass is 10.2. The quantitative estimate of drug-likeness (QED) is 0.517. The standard InChI is InChI=1S/C16H11FN2OS2/c17-11-3-1-10(2-4-11)9-14-15(20)19(16(21)22-14)13-7-5-12(18)6-8-13/h1-9H,18H2/b14-9+. The van der Waals surface area contributed by atoms with Gasteiger partial charge in [0.1, 0.15) is 5.82 Å². The third kappa shape index (κ3) is 2.88. The van der Waals surface area contributed by atoms with Crippen molar-refractivity contribution >= 4 is 51.7 Å². The van der Waals surface area contributed by atoms with E-state index in [-0.39, 0.29) is 11.7 Å². The number of halogens is 1. The van der Waals surface area contributed by atoms with Crippen LogP contribution in [-0.4, -0.2) is 10.2 Å². The van der Waals surface area contributed by atoms with Crippen LogP contribution in [0.15, 0.2) is 53.4 Å². The van der Waals surface area contributed by atoms with Crippen molar-refractivity contribution in [3.63, 3.8) is 0 Å². The van der Waals surface area contributed by atoms with E-state index in [1.54, 1.807) is 42.5 Å². The molecule has 1 heterocycles. The number of thiocarbonyl (C=S) groups is 1. The van der Waals surface area contributed by atoms with Crippen molar-refractivity contribution in [1.82, 2.24) is 0 Å². The number of benzene rings is 2. The molecule has 1 fully saturated rings. The average Bonchev–Trinajstić information content (AvgIpc) is 2.77. The zero-order chi connectivity index (χ0) is 15.7. The zero-order valence-electron chi connectivity index (χ0n) is 11.3. The summed E-state index contributed by atoms with van der Waals surface area (Å²) in [5.41, 5.74) is 7.70. The molecular formula is C16H11FN2OS2. The number of hydrogen-bond donors (Lipinski definition) is 1. The summed E-state index contributed by atoms with van der Waals surface area (Å²) in [7, 11) is 0. The Morgan fingerprint density at radius 2 is 1.73 bits per heavy atom. The first-order valence-corrected chi connectivity index (χ1v) is 7.66. The minimum absolute atomic E-state index is 0.191. The molecule has 1 aliphatic rings. The molecule has 0 atom stereocenters. The van der Waals surface area contributed by atoms with Gasteiger partial charge in [0.15, 0.2) is 4.32 Å². The van der Waals surface area contributed by atoms with E-state index in [1.165, 1.54) is 28.8 Å². The molecule has 0 spiro atoms. The van der Waals surface area contributed by atoms with E-state index in [0.717, 1.165) is 5.56 Å². The number of amides is 1. The van der Waals surface area contributed by atoms with Gasteiger partial charge in [-0.15, -0.1) is 0 Å². The van der Waals surface area contributed by atoms with Crippen LogP contribution in [0.1, 0.15) is 5.56 Å². The largest absolute Gasteiger partial charge is 0.399 e. The van der Waals surface area contributed by atoms with Gasteiger partial charge in [0.25, 0.3) is 5.91 Å². The fourth-order valence-electron chi connectivity index (χ4n) is 2.02. The summed E-state index contributed by atoms with van der Waals surface area (Å²) in [4.78, 5) is 14.5. The van der Waals surface area contributed by atoms with Crippen LogP contribution < -0.4 is 10.6 Å². The van der Waals surface area contributed by atoms with Crippen LogP contribution in [0.5, 0.6) is 0 Å². The number of carbonyl (C=O) groups excluding carboxylic acids is 1. The van der Waals surface area contributed by atoms with Gasteiger partial charge in [-0.1, -0.05) is 36.1 Å². The first-order valence-electron chi connectivity index (χ1n) is 6.44. The van der Waals surface area contributed by atoms with Crippen molar-refractivity contribution in [3.05, 3.63) is 64.8 Å². The molecule has 22 heavy (non-hydrogen) atoms. The normalized spacial score (nSPS) is 16.6. The SMILES string of the molecule is Nc1ccc(N2C(=O)/C(=C\c3ccc(F)cc3)SC2=S)cc1. The van der Waals surface area contributed by atoms with Crippen molar-refractivity contribution in [1.29, 1.82) is 0 Å². The van der Waals surface area contributed by atoms with Crippen LogP contribution in [0.25, 0.3) is 6.08 Å². The van der Waals surface area contributed by atoms with E-state index >= 15 is 0 Å². The van der Waals surface area contributed by atoms with Crippen LogP contribution in [0.3, 0.4) is 0 Å². The summed E-state index contributed by atoms with van der Waals surface area (Å²) >= 11 is 6.51. The summed E-state index contributed by atoms with van der Waals surface area (Å²) in [6, 6.07) is 12.9. The molecule has 2 N–H and O–H groups in total. The molecule has 110 valence electrons. The van der Waals surface area contributed by atoms with Crippen LogP contribution >= 0.6 is 24.0 Å². The smallest absolute Gasteiger partial charge is 0.270 e. The van der Waals surface area contributed by atoms with Gasteiger partial charge in [0.2, 0.25) is 0 Å². The summed E-state index contributed by atoms with van der Waals surface area (Å²) in [5.74, 6) is -0.504. The number of anilines is 2. The topological polar surface area (TPSA) is 46.3 Å². The monoisotopic (exact) mass is 330 g/mol. The average molecular weight is 330 g/mol. The molecule has 0 aliphatic carbocycles. The Bertz CT molecular complexity index is 770. The minimum atomic E-state index is -0.313. The lowest BCUT2D eigenvalue weighted by Gasteiger charge is -2.14. The fourth-order valence-corrected chi connectivity index (χ4v) is 3.32. The zero-order valence-corrected chi connectivity index (χ0v) is 13.0. The summed E-state index contributed by atoms with van der Waals surface area (Å²) in [6.07, 6.45) is 1.70. The first kappa shape index (κ1) is 14.7. The number of nitrogens with zero attached hydrogens (tertiary/aromatic N) is 1. The van der Waals surface area contributed by atoms with Crippen molar-refractivity contribution in [2.24, 2.45) is 0 Å². The van der Waals surface area contributed by atoms with Crippen LogP contribution in [0.4, 0.5) is 15.8 Å². The lowest BCUT2D eigenvalue weighted by molar-refractivity contribution is -0.113. The Kier molecular flexibility index (Phi) is 3.96. The van der Waals surface area contributed by atoms with Crippen molar-refractivity contribution < 1.29 is 9.18 Å². The number of nitrogen functional groups attached to an aromatic ring is 1. The molecule has 2 aromatic rings. The van der Waals surface area contributed by atoms with Crippen molar-refractivity contribution in [2.45, 2.75) is 0 Å². The van der Waals surface area contributed by atoms with Gasteiger partial charge in [0, 0.05) is 5.69 Å². The predicted octanol–water partition coefficient (Wildman–Crippen LogP) is 3.81. The van der Waals surface area contributed by atoms with Gasteiger partial charge in [-0.05, 0) is 48.0 Å². The van der Waals surface area contributed by atoms with Gasteiger partial charge in [-0.3, -0.25) is 9.69 Å². The van der Waals surface area contributed by atoms with Gasteiger partial charge in [-0.2, -0.15) is 0 Å². The van der Waals surface area contributed by atoms with E-state index in [0.29, 0.717) is 20.6 Å². The summed E-state index contributed by atoms with van der Waals surface area (Å²) < 4.78 is 13.4. The van der Waals surface area contributed by atoms with E-state index in [4.69, 9.17) is 18.0 Å². The Morgan fingerprint density at radius 1 is 1.09 bits per heavy atom. The molecule has 6 heteroatoms. The molecule has 1 saturated heterocycles. The maximum atomic E-state index is 12.9. The minimum Gasteiger partial charge on any atom is -0.399 e. The Balaban J connectivity index is 1.91. The second-order valence-corrected chi connectivity index (χ2v) is 6.34. The number of rotatable bonds is 2. The number of nitrogens with two attached hydrogens (primary N) is 1. The van der Waals surface area contributed by atoms with Gasteiger partial charge < -0.3 is 5.73 Å². The fraction of sp³-hybridized carbons (Fsp3) is 0. The Hall–Kier alpha value is -2.18. The lowest BCUT2D eigenvalue weighted by Crippen LogP contribution is -2.27. The summed E-state index contributed by atoms with van der Waals surface area (Å²) in [6.45, 7) is 0. The molecule has 1 amide bonds. The molecule has 0 unspecified atom stereocenters. The van der Waals surface area contributed by atoms with Crippen molar-refractivity contribution in [3.8, 4) is 0 Å². The molecule has 0 saturated carbocycles. The second-order valence-electron chi connectivity index (χ2n) is 4.66. The molecule has 3 nitrogen and oxygen atoms in total. The van der Waals surface area contributed by atoms with E-state index in [1.807, 2.05) is 0 Å². The van der Waals surface area contributed by atoms with Gasteiger partial charge >= 0.3 is 0 Å². The molecule has 0 radical (unpaired) electrons.